The van der Waals surface area contributed by atoms with E-state index in [0.29, 0.717) is 5.69 Å². The molecule has 1 aromatic carbocycles. The number of anilines is 2. The van der Waals surface area contributed by atoms with Gasteiger partial charge in [-0.05, 0) is 26.0 Å². The van der Waals surface area contributed by atoms with E-state index >= 15 is 0 Å². The third-order valence-electron chi connectivity index (χ3n) is 2.29. The van der Waals surface area contributed by atoms with Crippen LogP contribution in [0, 0.1) is 5.82 Å². The quantitative estimate of drug-likeness (QED) is 0.754. The zero-order chi connectivity index (χ0) is 12.3. The molecule has 0 spiro atoms. The van der Waals surface area contributed by atoms with Crippen molar-refractivity contribution in [2.45, 2.75) is 19.9 Å². The summed E-state index contributed by atoms with van der Waals surface area (Å²) < 4.78 is 13.3. The highest BCUT2D eigenvalue weighted by molar-refractivity contribution is 5.81. The normalized spacial score (nSPS) is 10.5. The molecule has 1 amide bonds. The molecule has 0 saturated carbocycles. The van der Waals surface area contributed by atoms with Crippen LogP contribution in [0.25, 0.3) is 0 Å². The van der Waals surface area contributed by atoms with Gasteiger partial charge in [-0.25, -0.2) is 4.39 Å². The number of hydrogen-bond donors (Lipinski definition) is 2. The lowest BCUT2D eigenvalue weighted by Gasteiger charge is -2.28. The Balaban J connectivity index is 3.10. The summed E-state index contributed by atoms with van der Waals surface area (Å²) in [6, 6.07) is 4.51. The minimum atomic E-state index is -0.493. The van der Waals surface area contributed by atoms with Gasteiger partial charge < -0.3 is 16.4 Å². The lowest BCUT2D eigenvalue weighted by Crippen LogP contribution is -2.39. The zero-order valence-electron chi connectivity index (χ0n) is 9.40. The summed E-state index contributed by atoms with van der Waals surface area (Å²) in [5.74, 6) is -0.968. The highest BCUT2D eigenvalue weighted by atomic mass is 19.1. The highest BCUT2D eigenvalue weighted by Gasteiger charge is 2.17. The molecule has 1 aromatic rings. The minimum absolute atomic E-state index is 0.0107. The number of rotatable bonds is 4. The molecule has 4 nitrogen and oxygen atoms in total. The average molecular weight is 225 g/mol. The molecule has 0 aliphatic rings. The Morgan fingerprint density at radius 2 is 2.12 bits per heavy atom. The molecule has 5 heteroatoms. The Bertz CT molecular complexity index is 393. The summed E-state index contributed by atoms with van der Waals surface area (Å²) in [6.07, 6.45) is 0. The first kappa shape index (κ1) is 12.3. The van der Waals surface area contributed by atoms with Crippen molar-refractivity contribution in [1.82, 2.24) is 0 Å². The van der Waals surface area contributed by atoms with Gasteiger partial charge in [0.15, 0.2) is 0 Å². The molecule has 16 heavy (non-hydrogen) atoms. The summed E-state index contributed by atoms with van der Waals surface area (Å²) in [4.78, 5) is 12.6. The number of para-hydroxylation sites is 1. The number of carbonyl (C=O) groups excluding carboxylic acids is 1. The van der Waals surface area contributed by atoms with Gasteiger partial charge in [-0.1, -0.05) is 6.07 Å². The van der Waals surface area contributed by atoms with Gasteiger partial charge in [-0.2, -0.15) is 0 Å². The van der Waals surface area contributed by atoms with Crippen LogP contribution in [0.2, 0.25) is 0 Å². The first-order valence-corrected chi connectivity index (χ1v) is 5.02. The smallest absolute Gasteiger partial charge is 0.236 e. The Morgan fingerprint density at radius 1 is 1.50 bits per heavy atom. The molecule has 0 heterocycles. The van der Waals surface area contributed by atoms with E-state index in [0.717, 1.165) is 0 Å². The predicted octanol–water partition coefficient (Wildman–Crippen LogP) is 1.11. The van der Waals surface area contributed by atoms with Gasteiger partial charge in [0.25, 0.3) is 0 Å². The monoisotopic (exact) mass is 225 g/mol. The Morgan fingerprint density at radius 3 is 2.62 bits per heavy atom. The second-order valence-electron chi connectivity index (χ2n) is 3.86. The number of nitrogen functional groups attached to an aromatic ring is 1. The number of halogens is 1. The molecule has 0 fully saturated rings. The van der Waals surface area contributed by atoms with Gasteiger partial charge in [-0.15, -0.1) is 0 Å². The van der Waals surface area contributed by atoms with E-state index < -0.39 is 11.7 Å². The maximum atomic E-state index is 13.3. The highest BCUT2D eigenvalue weighted by Crippen LogP contribution is 2.26. The number of carbonyl (C=O) groups is 1. The number of primary amides is 1. The standard InChI is InChI=1S/C11H16FN3O/c1-7(2)15(6-10(13)16)9-5-3-4-8(12)11(9)14/h3-5,7H,6,14H2,1-2H3,(H2,13,16). The molecule has 0 atom stereocenters. The average Bonchev–Trinajstić information content (AvgIpc) is 2.18. The van der Waals surface area contributed by atoms with E-state index in [4.69, 9.17) is 11.5 Å². The summed E-state index contributed by atoms with van der Waals surface area (Å²) in [7, 11) is 0. The molecular weight excluding hydrogens is 209 g/mol. The third kappa shape index (κ3) is 2.62. The van der Waals surface area contributed by atoms with Crippen LogP contribution in [0.5, 0.6) is 0 Å². The van der Waals surface area contributed by atoms with Crippen molar-refractivity contribution in [2.24, 2.45) is 5.73 Å². The van der Waals surface area contributed by atoms with Crippen LogP contribution in [-0.4, -0.2) is 18.5 Å². The van der Waals surface area contributed by atoms with Crippen LogP contribution in [0.15, 0.2) is 18.2 Å². The van der Waals surface area contributed by atoms with E-state index in [1.807, 2.05) is 13.8 Å². The topological polar surface area (TPSA) is 72.3 Å². The summed E-state index contributed by atoms with van der Waals surface area (Å²) in [5, 5.41) is 0. The van der Waals surface area contributed by atoms with Crippen molar-refractivity contribution in [1.29, 1.82) is 0 Å². The predicted molar refractivity (Wildman–Crippen MR) is 62.5 cm³/mol. The van der Waals surface area contributed by atoms with Gasteiger partial charge >= 0.3 is 0 Å². The molecule has 4 N–H and O–H groups in total. The van der Waals surface area contributed by atoms with Crippen LogP contribution in [0.1, 0.15) is 13.8 Å². The Hall–Kier alpha value is -1.78. The fraction of sp³-hybridized carbons (Fsp3) is 0.364. The molecule has 0 aromatic heterocycles. The first-order chi connectivity index (χ1) is 7.43. The fourth-order valence-corrected chi connectivity index (χ4v) is 1.49. The van der Waals surface area contributed by atoms with Gasteiger partial charge in [0.2, 0.25) is 5.91 Å². The second-order valence-corrected chi connectivity index (χ2v) is 3.86. The van der Waals surface area contributed by atoms with E-state index in [9.17, 15) is 9.18 Å². The summed E-state index contributed by atoms with van der Waals surface area (Å²) in [5.41, 5.74) is 11.3. The number of amides is 1. The van der Waals surface area contributed by atoms with E-state index in [1.165, 1.54) is 6.07 Å². The minimum Gasteiger partial charge on any atom is -0.395 e. The van der Waals surface area contributed by atoms with Crippen LogP contribution in [0.4, 0.5) is 15.8 Å². The van der Waals surface area contributed by atoms with Crippen molar-refractivity contribution >= 4 is 17.3 Å². The molecule has 1 rings (SSSR count). The molecule has 0 saturated heterocycles. The van der Waals surface area contributed by atoms with Gasteiger partial charge in [0.05, 0.1) is 17.9 Å². The van der Waals surface area contributed by atoms with E-state index in [2.05, 4.69) is 0 Å². The summed E-state index contributed by atoms with van der Waals surface area (Å²) in [6.45, 7) is 3.78. The SMILES string of the molecule is CC(C)N(CC(N)=O)c1cccc(F)c1N. The van der Waals surface area contributed by atoms with E-state index in [-0.39, 0.29) is 18.3 Å². The number of benzene rings is 1. The Kier molecular flexibility index (Phi) is 3.71. The van der Waals surface area contributed by atoms with Gasteiger partial charge in [0.1, 0.15) is 5.82 Å². The van der Waals surface area contributed by atoms with Crippen LogP contribution in [-0.2, 0) is 4.79 Å². The molecule has 0 aliphatic heterocycles. The largest absolute Gasteiger partial charge is 0.395 e. The third-order valence-corrected chi connectivity index (χ3v) is 2.29. The zero-order valence-corrected chi connectivity index (χ0v) is 9.40. The van der Waals surface area contributed by atoms with Crippen LogP contribution in [0.3, 0.4) is 0 Å². The van der Waals surface area contributed by atoms with Crippen LogP contribution < -0.4 is 16.4 Å². The number of hydrogen-bond acceptors (Lipinski definition) is 3. The number of nitrogens with two attached hydrogens (primary N) is 2. The molecule has 88 valence electrons. The molecule has 0 radical (unpaired) electrons. The lowest BCUT2D eigenvalue weighted by atomic mass is 10.2. The maximum Gasteiger partial charge on any atom is 0.236 e. The maximum absolute atomic E-state index is 13.3. The molecule has 0 unspecified atom stereocenters. The molecule has 0 bridgehead atoms. The molecular formula is C11H16FN3O. The van der Waals surface area contributed by atoms with Crippen molar-refractivity contribution in [3.63, 3.8) is 0 Å². The number of nitrogens with zero attached hydrogens (tertiary/aromatic N) is 1. The second kappa shape index (κ2) is 4.83. The van der Waals surface area contributed by atoms with Crippen molar-refractivity contribution < 1.29 is 9.18 Å². The molecule has 0 aliphatic carbocycles. The first-order valence-electron chi connectivity index (χ1n) is 5.02. The lowest BCUT2D eigenvalue weighted by molar-refractivity contribution is -0.116. The van der Waals surface area contributed by atoms with Gasteiger partial charge in [-0.3, -0.25) is 4.79 Å². The van der Waals surface area contributed by atoms with Crippen molar-refractivity contribution in [2.75, 3.05) is 17.2 Å². The fourth-order valence-electron chi connectivity index (χ4n) is 1.49. The van der Waals surface area contributed by atoms with E-state index in [1.54, 1.807) is 17.0 Å². The van der Waals surface area contributed by atoms with Crippen LogP contribution >= 0.6 is 0 Å². The van der Waals surface area contributed by atoms with Crippen molar-refractivity contribution in [3.8, 4) is 0 Å². The Labute approximate surface area is 94.0 Å². The summed E-state index contributed by atoms with van der Waals surface area (Å²) >= 11 is 0. The van der Waals surface area contributed by atoms with Gasteiger partial charge in [0, 0.05) is 6.04 Å². The van der Waals surface area contributed by atoms with Crippen molar-refractivity contribution in [3.05, 3.63) is 24.0 Å².